The zero-order valence-electron chi connectivity index (χ0n) is 12.1. The molecule has 0 fully saturated rings. The highest BCUT2D eigenvalue weighted by atomic mass is 79.9. The van der Waals surface area contributed by atoms with E-state index in [0.29, 0.717) is 19.1 Å². The summed E-state index contributed by atoms with van der Waals surface area (Å²) in [5.41, 5.74) is 2.59. The van der Waals surface area contributed by atoms with Crippen molar-refractivity contribution in [3.63, 3.8) is 0 Å². The first-order chi connectivity index (χ1) is 10.3. The summed E-state index contributed by atoms with van der Waals surface area (Å²) in [7, 11) is 0. The molecule has 21 heavy (non-hydrogen) atoms. The summed E-state index contributed by atoms with van der Waals surface area (Å²) in [6.45, 7) is 3.48. The lowest BCUT2D eigenvalue weighted by molar-refractivity contribution is 0.171. The highest BCUT2D eigenvalue weighted by Gasteiger charge is 2.22. The highest BCUT2D eigenvalue weighted by Crippen LogP contribution is 2.43. The molecule has 0 saturated heterocycles. The van der Waals surface area contributed by atoms with Crippen LogP contribution in [0.15, 0.2) is 48.5 Å². The van der Waals surface area contributed by atoms with Crippen LogP contribution in [0.25, 0.3) is 0 Å². The Morgan fingerprint density at radius 3 is 2.38 bits per heavy atom. The van der Waals surface area contributed by atoms with E-state index in [4.69, 9.17) is 9.47 Å². The van der Waals surface area contributed by atoms with E-state index in [2.05, 4.69) is 65.3 Å². The number of halogens is 1. The van der Waals surface area contributed by atoms with Gasteiger partial charge >= 0.3 is 0 Å². The zero-order valence-corrected chi connectivity index (χ0v) is 13.7. The lowest BCUT2D eigenvalue weighted by Gasteiger charge is -2.24. The van der Waals surface area contributed by atoms with Crippen molar-refractivity contribution >= 4 is 15.9 Å². The summed E-state index contributed by atoms with van der Waals surface area (Å²) in [5, 5.41) is 0. The standard InChI is InChI=1S/C18H19BrO2/c1-2-15(13-6-4-3-5-7-13)18(19)14-8-9-16-17(12-14)21-11-10-20-16/h3-9,12,15,18H,2,10-11H2,1H3. The van der Waals surface area contributed by atoms with Crippen LogP contribution in [0.3, 0.4) is 0 Å². The maximum absolute atomic E-state index is 5.69. The van der Waals surface area contributed by atoms with Crippen molar-refractivity contribution in [1.29, 1.82) is 0 Å². The Labute approximate surface area is 134 Å². The van der Waals surface area contributed by atoms with Gasteiger partial charge in [-0.2, -0.15) is 0 Å². The van der Waals surface area contributed by atoms with Crippen molar-refractivity contribution in [2.24, 2.45) is 0 Å². The van der Waals surface area contributed by atoms with Crippen LogP contribution in [0, 0.1) is 0 Å². The second-order valence-electron chi connectivity index (χ2n) is 5.23. The van der Waals surface area contributed by atoms with Gasteiger partial charge in [0, 0.05) is 10.7 Å². The molecule has 1 heterocycles. The molecule has 0 aromatic heterocycles. The molecule has 2 nitrogen and oxygen atoms in total. The molecule has 0 saturated carbocycles. The maximum atomic E-state index is 5.69. The van der Waals surface area contributed by atoms with E-state index < -0.39 is 0 Å². The minimum Gasteiger partial charge on any atom is -0.486 e. The van der Waals surface area contributed by atoms with Crippen LogP contribution in [0.4, 0.5) is 0 Å². The Bertz CT molecular complexity index is 597. The fourth-order valence-electron chi connectivity index (χ4n) is 2.78. The van der Waals surface area contributed by atoms with Gasteiger partial charge in [-0.25, -0.2) is 0 Å². The van der Waals surface area contributed by atoms with Crippen molar-refractivity contribution in [3.8, 4) is 11.5 Å². The largest absolute Gasteiger partial charge is 0.486 e. The molecule has 0 radical (unpaired) electrons. The van der Waals surface area contributed by atoms with Crippen molar-refractivity contribution in [1.82, 2.24) is 0 Å². The van der Waals surface area contributed by atoms with Crippen LogP contribution in [0.5, 0.6) is 11.5 Å². The molecule has 3 rings (SSSR count). The van der Waals surface area contributed by atoms with Gasteiger partial charge in [-0.05, 0) is 29.7 Å². The number of benzene rings is 2. The lowest BCUT2D eigenvalue weighted by atomic mass is 9.89. The maximum Gasteiger partial charge on any atom is 0.161 e. The molecule has 2 aromatic carbocycles. The van der Waals surface area contributed by atoms with E-state index in [9.17, 15) is 0 Å². The molecule has 1 aliphatic heterocycles. The van der Waals surface area contributed by atoms with Crippen molar-refractivity contribution in [3.05, 3.63) is 59.7 Å². The van der Waals surface area contributed by atoms with Crippen LogP contribution >= 0.6 is 15.9 Å². The van der Waals surface area contributed by atoms with Crippen LogP contribution in [-0.2, 0) is 0 Å². The lowest BCUT2D eigenvalue weighted by Crippen LogP contribution is -2.15. The van der Waals surface area contributed by atoms with Crippen LogP contribution in [-0.4, -0.2) is 13.2 Å². The van der Waals surface area contributed by atoms with Gasteiger partial charge in [-0.15, -0.1) is 0 Å². The Morgan fingerprint density at radius 2 is 1.67 bits per heavy atom. The van der Waals surface area contributed by atoms with Crippen LogP contribution in [0.2, 0.25) is 0 Å². The fraction of sp³-hybridized carbons (Fsp3) is 0.333. The highest BCUT2D eigenvalue weighted by molar-refractivity contribution is 9.09. The van der Waals surface area contributed by atoms with E-state index in [1.807, 2.05) is 6.07 Å². The second kappa shape index (κ2) is 6.52. The monoisotopic (exact) mass is 346 g/mol. The Balaban J connectivity index is 1.88. The minimum atomic E-state index is 0.265. The summed E-state index contributed by atoms with van der Waals surface area (Å²) >= 11 is 3.88. The molecular formula is C18H19BrO2. The summed E-state index contributed by atoms with van der Waals surface area (Å²) in [5.74, 6) is 2.14. The topological polar surface area (TPSA) is 18.5 Å². The molecule has 0 aliphatic carbocycles. The average molecular weight is 347 g/mol. The number of hydrogen-bond acceptors (Lipinski definition) is 2. The first kappa shape index (κ1) is 14.5. The second-order valence-corrected chi connectivity index (χ2v) is 6.22. The van der Waals surface area contributed by atoms with Gasteiger partial charge in [-0.1, -0.05) is 59.3 Å². The summed E-state index contributed by atoms with van der Waals surface area (Å²) in [6.07, 6.45) is 1.08. The predicted octanol–water partition coefficient (Wildman–Crippen LogP) is 5.09. The van der Waals surface area contributed by atoms with Gasteiger partial charge in [0.1, 0.15) is 13.2 Å². The fourth-order valence-corrected chi connectivity index (χ4v) is 3.74. The molecule has 1 aliphatic rings. The van der Waals surface area contributed by atoms with Gasteiger partial charge < -0.3 is 9.47 Å². The summed E-state index contributed by atoms with van der Waals surface area (Å²) in [4.78, 5) is 0.265. The normalized spacial score (nSPS) is 16.3. The van der Waals surface area contributed by atoms with Crippen molar-refractivity contribution in [2.75, 3.05) is 13.2 Å². The van der Waals surface area contributed by atoms with E-state index in [1.165, 1.54) is 11.1 Å². The van der Waals surface area contributed by atoms with E-state index in [1.54, 1.807) is 0 Å². The molecule has 3 heteroatoms. The van der Waals surface area contributed by atoms with Crippen molar-refractivity contribution < 1.29 is 9.47 Å². The summed E-state index contributed by atoms with van der Waals surface area (Å²) in [6, 6.07) is 16.9. The number of hydrogen-bond donors (Lipinski definition) is 0. The third-order valence-electron chi connectivity index (χ3n) is 3.91. The van der Waals surface area contributed by atoms with Gasteiger partial charge in [0.05, 0.1) is 0 Å². The number of alkyl halides is 1. The zero-order chi connectivity index (χ0) is 14.7. The smallest absolute Gasteiger partial charge is 0.161 e. The molecule has 110 valence electrons. The third kappa shape index (κ3) is 3.08. The summed E-state index contributed by atoms with van der Waals surface area (Å²) < 4.78 is 11.3. The van der Waals surface area contributed by atoms with Gasteiger partial charge in [0.15, 0.2) is 11.5 Å². The molecule has 2 aromatic rings. The molecular weight excluding hydrogens is 328 g/mol. The number of fused-ring (bicyclic) bond motifs is 1. The molecule has 0 spiro atoms. The first-order valence-electron chi connectivity index (χ1n) is 7.38. The van der Waals surface area contributed by atoms with Gasteiger partial charge in [0.2, 0.25) is 0 Å². The van der Waals surface area contributed by atoms with Gasteiger partial charge in [-0.3, -0.25) is 0 Å². The first-order valence-corrected chi connectivity index (χ1v) is 8.29. The van der Waals surface area contributed by atoms with Crippen LogP contribution in [0.1, 0.15) is 35.2 Å². The third-order valence-corrected chi connectivity index (χ3v) is 5.07. The van der Waals surface area contributed by atoms with E-state index in [0.717, 1.165) is 17.9 Å². The molecule has 2 atom stereocenters. The quantitative estimate of drug-likeness (QED) is 0.718. The Morgan fingerprint density at radius 1 is 0.952 bits per heavy atom. The predicted molar refractivity (Wildman–Crippen MR) is 88.6 cm³/mol. The molecule has 0 bridgehead atoms. The minimum absolute atomic E-state index is 0.265. The van der Waals surface area contributed by atoms with E-state index >= 15 is 0 Å². The Hall–Kier alpha value is -1.48. The average Bonchev–Trinajstić information content (AvgIpc) is 2.56. The molecule has 2 unspecified atom stereocenters. The Kier molecular flexibility index (Phi) is 4.49. The molecule has 0 amide bonds. The molecule has 0 N–H and O–H groups in total. The van der Waals surface area contributed by atoms with Gasteiger partial charge in [0.25, 0.3) is 0 Å². The SMILES string of the molecule is CCC(c1ccccc1)C(Br)c1ccc2c(c1)OCCO2. The van der Waals surface area contributed by atoms with Crippen LogP contribution < -0.4 is 9.47 Å². The number of ether oxygens (including phenoxy) is 2. The van der Waals surface area contributed by atoms with E-state index in [-0.39, 0.29) is 4.83 Å². The number of rotatable bonds is 4. The van der Waals surface area contributed by atoms with Crippen molar-refractivity contribution in [2.45, 2.75) is 24.1 Å².